The van der Waals surface area contributed by atoms with Crippen molar-refractivity contribution < 1.29 is 4.79 Å². The lowest BCUT2D eigenvalue weighted by atomic mass is 9.86. The van der Waals surface area contributed by atoms with Crippen molar-refractivity contribution >= 4 is 28.4 Å². The molecule has 6 rings (SSSR count). The van der Waals surface area contributed by atoms with Crippen LogP contribution in [0.25, 0.3) is 10.9 Å². The number of para-hydroxylation sites is 1. The molecule has 4 nitrogen and oxygen atoms in total. The van der Waals surface area contributed by atoms with Gasteiger partial charge in [-0.3, -0.25) is 9.69 Å². The van der Waals surface area contributed by atoms with Crippen molar-refractivity contribution in [3.63, 3.8) is 0 Å². The zero-order valence-electron chi connectivity index (χ0n) is 23.3. The van der Waals surface area contributed by atoms with E-state index >= 15 is 0 Å². The predicted molar refractivity (Wildman–Crippen MR) is 165 cm³/mol. The molecule has 2 unspecified atom stereocenters. The monoisotopic (exact) mass is 553 g/mol. The van der Waals surface area contributed by atoms with E-state index in [1.165, 1.54) is 50.5 Å². The van der Waals surface area contributed by atoms with Crippen molar-refractivity contribution in [3.8, 4) is 0 Å². The van der Waals surface area contributed by atoms with Gasteiger partial charge < -0.3 is 9.88 Å². The smallest absolute Gasteiger partial charge is 0.253 e. The molecule has 2 saturated heterocycles. The highest BCUT2D eigenvalue weighted by Gasteiger charge is 2.39. The van der Waals surface area contributed by atoms with Crippen LogP contribution in [0.3, 0.4) is 0 Å². The minimum absolute atomic E-state index is 0.0303. The lowest BCUT2D eigenvalue weighted by Crippen LogP contribution is -2.43. The lowest BCUT2D eigenvalue weighted by molar-refractivity contribution is 0.0952. The number of fused-ring (bicyclic) bond motifs is 3. The Morgan fingerprint density at radius 3 is 2.33 bits per heavy atom. The number of piperidine rings is 1. The molecule has 2 bridgehead atoms. The predicted octanol–water partition coefficient (Wildman–Crippen LogP) is 7.88. The number of halogens is 1. The number of hydrogen-bond donors (Lipinski definition) is 1. The third kappa shape index (κ3) is 6.29. The summed E-state index contributed by atoms with van der Waals surface area (Å²) in [4.78, 5) is 16.0. The van der Waals surface area contributed by atoms with E-state index in [1.54, 1.807) is 0 Å². The van der Waals surface area contributed by atoms with Gasteiger partial charge in [-0.05, 0) is 80.2 Å². The zero-order valence-corrected chi connectivity index (χ0v) is 24.0. The summed E-state index contributed by atoms with van der Waals surface area (Å²) in [6.07, 6.45) is 12.5. The Hall–Kier alpha value is -3.08. The zero-order chi connectivity index (χ0) is 27.3. The highest BCUT2D eigenvalue weighted by Crippen LogP contribution is 2.40. The molecule has 1 aromatic heterocycles. The molecule has 0 spiro atoms. The Labute approximate surface area is 243 Å². The van der Waals surface area contributed by atoms with Crippen LogP contribution in [-0.4, -0.2) is 34.0 Å². The van der Waals surface area contributed by atoms with Gasteiger partial charge in [0, 0.05) is 53.8 Å². The maximum absolute atomic E-state index is 13.2. The van der Waals surface area contributed by atoms with Crippen molar-refractivity contribution in [2.45, 2.75) is 76.5 Å². The van der Waals surface area contributed by atoms with Crippen molar-refractivity contribution in [2.24, 2.45) is 5.92 Å². The molecule has 1 N–H and O–H groups in total. The first-order valence-corrected chi connectivity index (χ1v) is 15.4. The average molecular weight is 554 g/mol. The van der Waals surface area contributed by atoms with Gasteiger partial charge in [0.15, 0.2) is 0 Å². The van der Waals surface area contributed by atoms with Gasteiger partial charge in [-0.15, -0.1) is 0 Å². The van der Waals surface area contributed by atoms with Crippen LogP contribution in [0, 0.1) is 5.92 Å². The molecule has 5 heteroatoms. The standard InChI is InChI=1S/C35H40ClN3O/c36-29-16-14-27(15-17-29)24-37-35(40)33-25-38(34-13-5-4-12-32(33)34)20-7-21-39-30-18-19-31(39)23-28(22-30)11-6-10-26-8-2-1-3-9-26/h1-5,8-9,12-17,25,28,30-31H,6-7,10-11,18-24H2,(H,37,40). The number of rotatable bonds is 11. The second-order valence-corrected chi connectivity index (χ2v) is 12.2. The molecule has 0 saturated carbocycles. The first kappa shape index (κ1) is 27.1. The summed E-state index contributed by atoms with van der Waals surface area (Å²) >= 11 is 6.00. The number of amides is 1. The molecule has 4 aromatic rings. The van der Waals surface area contributed by atoms with Gasteiger partial charge in [-0.2, -0.15) is 0 Å². The number of aromatic nitrogens is 1. The SMILES string of the molecule is O=C(NCc1ccc(Cl)cc1)c1cn(CCCN2C3CCC2CC(CCCc2ccccc2)C3)c2ccccc12. The minimum Gasteiger partial charge on any atom is -0.348 e. The van der Waals surface area contributed by atoms with Gasteiger partial charge in [0.1, 0.15) is 0 Å². The van der Waals surface area contributed by atoms with Crippen LogP contribution >= 0.6 is 11.6 Å². The first-order valence-electron chi connectivity index (χ1n) is 15.0. The molecule has 2 atom stereocenters. The van der Waals surface area contributed by atoms with Gasteiger partial charge in [-0.1, -0.05) is 78.7 Å². The third-order valence-electron chi connectivity index (χ3n) is 9.12. The van der Waals surface area contributed by atoms with Crippen molar-refractivity contribution in [3.05, 3.63) is 107 Å². The van der Waals surface area contributed by atoms with Crippen LogP contribution in [0.2, 0.25) is 5.02 Å². The van der Waals surface area contributed by atoms with Gasteiger partial charge in [-0.25, -0.2) is 0 Å². The van der Waals surface area contributed by atoms with Gasteiger partial charge in [0.25, 0.3) is 5.91 Å². The van der Waals surface area contributed by atoms with Crippen molar-refractivity contribution in [1.82, 2.24) is 14.8 Å². The van der Waals surface area contributed by atoms with Crippen LogP contribution in [0.15, 0.2) is 85.1 Å². The quantitative estimate of drug-likeness (QED) is 0.205. The number of carbonyl (C=O) groups excluding carboxylic acids is 1. The lowest BCUT2D eigenvalue weighted by Gasteiger charge is -2.39. The molecule has 2 aliphatic rings. The summed E-state index contributed by atoms with van der Waals surface area (Å²) < 4.78 is 2.28. The number of aryl methyl sites for hydroxylation is 2. The molecule has 3 aromatic carbocycles. The second kappa shape index (κ2) is 12.6. The molecule has 0 aliphatic carbocycles. The summed E-state index contributed by atoms with van der Waals surface area (Å²) in [5.41, 5.74) is 4.40. The summed E-state index contributed by atoms with van der Waals surface area (Å²) in [5, 5.41) is 4.82. The Morgan fingerprint density at radius 1 is 0.825 bits per heavy atom. The Bertz CT molecular complexity index is 1400. The Kier molecular flexibility index (Phi) is 8.55. The van der Waals surface area contributed by atoms with E-state index in [4.69, 9.17) is 11.6 Å². The molecular weight excluding hydrogens is 514 g/mol. The Balaban J connectivity index is 1.02. The van der Waals surface area contributed by atoms with Crippen molar-refractivity contribution in [1.29, 1.82) is 0 Å². The summed E-state index contributed by atoms with van der Waals surface area (Å²) in [7, 11) is 0. The van der Waals surface area contributed by atoms with Gasteiger partial charge in [0.05, 0.1) is 5.56 Å². The van der Waals surface area contributed by atoms with E-state index in [9.17, 15) is 4.79 Å². The summed E-state index contributed by atoms with van der Waals surface area (Å²) in [5.74, 6) is 0.858. The van der Waals surface area contributed by atoms with E-state index in [0.29, 0.717) is 11.6 Å². The number of nitrogens with zero attached hydrogens (tertiary/aromatic N) is 2. The van der Waals surface area contributed by atoms with Crippen LogP contribution in [0.1, 0.15) is 66.4 Å². The number of benzene rings is 3. The molecule has 2 fully saturated rings. The Morgan fingerprint density at radius 2 is 1.55 bits per heavy atom. The van der Waals surface area contributed by atoms with Crippen LogP contribution < -0.4 is 5.32 Å². The molecule has 40 heavy (non-hydrogen) atoms. The minimum atomic E-state index is -0.0303. The molecule has 2 aliphatic heterocycles. The van der Waals surface area contributed by atoms with Crippen LogP contribution in [-0.2, 0) is 19.5 Å². The van der Waals surface area contributed by atoms with E-state index in [2.05, 4.69) is 69.5 Å². The van der Waals surface area contributed by atoms with E-state index in [1.807, 2.05) is 30.3 Å². The second-order valence-electron chi connectivity index (χ2n) is 11.8. The molecule has 1 amide bonds. The topological polar surface area (TPSA) is 37.3 Å². The fraction of sp³-hybridized carbons (Fsp3) is 0.400. The van der Waals surface area contributed by atoms with E-state index < -0.39 is 0 Å². The maximum atomic E-state index is 13.2. The largest absolute Gasteiger partial charge is 0.348 e. The number of nitrogens with one attached hydrogen (secondary N) is 1. The van der Waals surface area contributed by atoms with Crippen LogP contribution in [0.4, 0.5) is 0 Å². The fourth-order valence-corrected chi connectivity index (χ4v) is 7.27. The number of hydrogen-bond acceptors (Lipinski definition) is 2. The maximum Gasteiger partial charge on any atom is 0.253 e. The van der Waals surface area contributed by atoms with Crippen LogP contribution in [0.5, 0.6) is 0 Å². The van der Waals surface area contributed by atoms with Gasteiger partial charge in [0.2, 0.25) is 0 Å². The average Bonchev–Trinajstić information content (AvgIpc) is 3.46. The molecular formula is C35H40ClN3O. The molecule has 0 radical (unpaired) electrons. The highest BCUT2D eigenvalue weighted by molar-refractivity contribution is 6.30. The number of carbonyl (C=O) groups is 1. The highest BCUT2D eigenvalue weighted by atomic mass is 35.5. The van der Waals surface area contributed by atoms with E-state index in [-0.39, 0.29) is 5.91 Å². The molecule has 3 heterocycles. The first-order chi connectivity index (χ1) is 19.6. The third-order valence-corrected chi connectivity index (χ3v) is 9.37. The van der Waals surface area contributed by atoms with E-state index in [0.717, 1.165) is 59.5 Å². The normalized spacial score (nSPS) is 20.7. The summed E-state index contributed by atoms with van der Waals surface area (Å²) in [6, 6.07) is 28.4. The van der Waals surface area contributed by atoms with Crippen molar-refractivity contribution in [2.75, 3.05) is 6.54 Å². The molecule has 208 valence electrons. The fourth-order valence-electron chi connectivity index (χ4n) is 7.14. The van der Waals surface area contributed by atoms with Gasteiger partial charge >= 0.3 is 0 Å². The summed E-state index contributed by atoms with van der Waals surface area (Å²) in [6.45, 7) is 2.57.